The van der Waals surface area contributed by atoms with Gasteiger partial charge in [-0.3, -0.25) is 4.79 Å². The number of methoxy groups -OCH3 is 1. The van der Waals surface area contributed by atoms with Crippen LogP contribution in [-0.2, 0) is 14.3 Å². The third kappa shape index (κ3) is 9.44. The van der Waals surface area contributed by atoms with Crippen molar-refractivity contribution in [1.29, 1.82) is 0 Å². The summed E-state index contributed by atoms with van der Waals surface area (Å²) in [5, 5.41) is 3.12. The summed E-state index contributed by atoms with van der Waals surface area (Å²) in [6, 6.07) is 0.110. The summed E-state index contributed by atoms with van der Waals surface area (Å²) < 4.78 is 10.0. The van der Waals surface area contributed by atoms with E-state index in [9.17, 15) is 4.79 Å². The first-order valence-electron chi connectivity index (χ1n) is 4.75. The first kappa shape index (κ1) is 13.4. The van der Waals surface area contributed by atoms with E-state index in [2.05, 4.69) is 5.32 Å². The van der Waals surface area contributed by atoms with Crippen LogP contribution in [0, 0.1) is 0 Å². The largest absolute Gasteiger partial charge is 0.382 e. The highest BCUT2D eigenvalue weighted by molar-refractivity contribution is 5.74. The molecule has 3 N–H and O–H groups in total. The fraction of sp³-hybridized carbons (Fsp3) is 0.889. The molecule has 0 aromatic carbocycles. The lowest BCUT2D eigenvalue weighted by atomic mass is 10.2. The number of primary amides is 1. The van der Waals surface area contributed by atoms with E-state index in [1.807, 2.05) is 6.92 Å². The van der Waals surface area contributed by atoms with Gasteiger partial charge >= 0.3 is 0 Å². The van der Waals surface area contributed by atoms with E-state index in [-0.39, 0.29) is 11.9 Å². The number of hydrogen-bond donors (Lipinski definition) is 2. The van der Waals surface area contributed by atoms with Crippen LogP contribution in [0.2, 0.25) is 0 Å². The molecule has 0 spiro atoms. The maximum absolute atomic E-state index is 10.5. The highest BCUT2D eigenvalue weighted by atomic mass is 16.5. The zero-order chi connectivity index (χ0) is 10.8. The molecule has 0 aromatic rings. The molecule has 0 saturated carbocycles. The maximum Gasteiger partial charge on any atom is 0.218 e. The van der Waals surface area contributed by atoms with Crippen molar-refractivity contribution in [1.82, 2.24) is 5.32 Å². The van der Waals surface area contributed by atoms with Crippen molar-refractivity contribution in [3.05, 3.63) is 0 Å². The van der Waals surface area contributed by atoms with Crippen LogP contribution < -0.4 is 11.1 Å². The van der Waals surface area contributed by atoms with E-state index in [0.717, 1.165) is 6.54 Å². The summed E-state index contributed by atoms with van der Waals surface area (Å²) in [5.41, 5.74) is 5.04. The van der Waals surface area contributed by atoms with Gasteiger partial charge < -0.3 is 20.5 Å². The van der Waals surface area contributed by atoms with E-state index < -0.39 is 0 Å². The van der Waals surface area contributed by atoms with Crippen molar-refractivity contribution >= 4 is 5.91 Å². The van der Waals surface area contributed by atoms with Crippen molar-refractivity contribution in [2.24, 2.45) is 5.73 Å². The van der Waals surface area contributed by atoms with E-state index in [1.54, 1.807) is 7.11 Å². The van der Waals surface area contributed by atoms with Crippen LogP contribution in [0.5, 0.6) is 0 Å². The van der Waals surface area contributed by atoms with E-state index in [0.29, 0.717) is 26.2 Å². The lowest BCUT2D eigenvalue weighted by Crippen LogP contribution is -2.33. The highest BCUT2D eigenvalue weighted by Gasteiger charge is 2.03. The zero-order valence-corrected chi connectivity index (χ0v) is 8.91. The summed E-state index contributed by atoms with van der Waals surface area (Å²) in [5.74, 6) is -0.287. The molecule has 14 heavy (non-hydrogen) atoms. The number of rotatable bonds is 9. The molecule has 1 amide bonds. The van der Waals surface area contributed by atoms with Gasteiger partial charge in [0.15, 0.2) is 0 Å². The Hall–Kier alpha value is -0.650. The van der Waals surface area contributed by atoms with Gasteiger partial charge in [0, 0.05) is 26.1 Å². The minimum absolute atomic E-state index is 0.110. The Kier molecular flexibility index (Phi) is 8.51. The number of nitrogens with two attached hydrogens (primary N) is 1. The molecule has 0 aromatic heterocycles. The molecule has 1 unspecified atom stereocenters. The minimum Gasteiger partial charge on any atom is -0.382 e. The number of carbonyl (C=O) groups is 1. The van der Waals surface area contributed by atoms with Crippen LogP contribution in [0.1, 0.15) is 13.3 Å². The van der Waals surface area contributed by atoms with Gasteiger partial charge in [-0.25, -0.2) is 0 Å². The smallest absolute Gasteiger partial charge is 0.218 e. The predicted molar refractivity (Wildman–Crippen MR) is 54.0 cm³/mol. The lowest BCUT2D eigenvalue weighted by Gasteiger charge is -2.11. The van der Waals surface area contributed by atoms with Gasteiger partial charge in [-0.05, 0) is 6.92 Å². The molecular weight excluding hydrogens is 184 g/mol. The molecule has 5 nitrogen and oxygen atoms in total. The topological polar surface area (TPSA) is 73.6 Å². The first-order chi connectivity index (χ1) is 6.66. The SMILES string of the molecule is COCCOCCNC(C)CC(N)=O. The number of carbonyl (C=O) groups excluding carboxylic acids is 1. The summed E-state index contributed by atoms with van der Waals surface area (Å²) in [6.07, 6.45) is 0.359. The molecule has 0 heterocycles. The molecule has 0 aliphatic heterocycles. The number of ether oxygens (including phenoxy) is 2. The van der Waals surface area contributed by atoms with Gasteiger partial charge in [0.05, 0.1) is 19.8 Å². The third-order valence-electron chi connectivity index (χ3n) is 1.68. The van der Waals surface area contributed by atoms with Gasteiger partial charge in [-0.15, -0.1) is 0 Å². The van der Waals surface area contributed by atoms with Gasteiger partial charge in [0.2, 0.25) is 5.91 Å². The van der Waals surface area contributed by atoms with Crippen LogP contribution in [0.4, 0.5) is 0 Å². The Balaban J connectivity index is 3.14. The van der Waals surface area contributed by atoms with Crippen molar-refractivity contribution < 1.29 is 14.3 Å². The predicted octanol–water partition coefficient (Wildman–Crippen LogP) is -0.497. The van der Waals surface area contributed by atoms with Crippen molar-refractivity contribution in [2.75, 3.05) is 33.5 Å². The Labute approximate surface area is 84.9 Å². The number of nitrogens with one attached hydrogen (secondary N) is 1. The number of hydrogen-bond acceptors (Lipinski definition) is 4. The van der Waals surface area contributed by atoms with Gasteiger partial charge in [-0.2, -0.15) is 0 Å². The molecule has 0 bridgehead atoms. The average Bonchev–Trinajstić information content (AvgIpc) is 2.10. The van der Waals surface area contributed by atoms with Crippen LogP contribution in [0.25, 0.3) is 0 Å². The van der Waals surface area contributed by atoms with Crippen LogP contribution in [0.15, 0.2) is 0 Å². The minimum atomic E-state index is -0.287. The van der Waals surface area contributed by atoms with Crippen molar-refractivity contribution in [3.63, 3.8) is 0 Å². The second kappa shape index (κ2) is 8.93. The van der Waals surface area contributed by atoms with Gasteiger partial charge in [0.25, 0.3) is 0 Å². The molecule has 5 heteroatoms. The lowest BCUT2D eigenvalue weighted by molar-refractivity contribution is -0.118. The Morgan fingerprint density at radius 3 is 2.71 bits per heavy atom. The fourth-order valence-corrected chi connectivity index (χ4v) is 0.996. The second-order valence-corrected chi connectivity index (χ2v) is 3.13. The third-order valence-corrected chi connectivity index (χ3v) is 1.68. The standard InChI is InChI=1S/C9H20N2O3/c1-8(7-9(10)12)11-3-4-14-6-5-13-2/h8,11H,3-7H2,1-2H3,(H2,10,12). The molecule has 0 fully saturated rings. The van der Waals surface area contributed by atoms with E-state index >= 15 is 0 Å². The molecule has 0 saturated heterocycles. The summed E-state index contributed by atoms with van der Waals surface area (Å²) in [7, 11) is 1.64. The van der Waals surface area contributed by atoms with Crippen LogP contribution in [-0.4, -0.2) is 45.4 Å². The van der Waals surface area contributed by atoms with Gasteiger partial charge in [0.1, 0.15) is 0 Å². The van der Waals surface area contributed by atoms with Crippen molar-refractivity contribution in [3.8, 4) is 0 Å². The normalized spacial score (nSPS) is 12.7. The summed E-state index contributed by atoms with van der Waals surface area (Å²) >= 11 is 0. The molecule has 1 atom stereocenters. The molecular formula is C9H20N2O3. The first-order valence-corrected chi connectivity index (χ1v) is 4.75. The second-order valence-electron chi connectivity index (χ2n) is 3.13. The molecule has 0 rings (SSSR count). The Morgan fingerprint density at radius 1 is 1.43 bits per heavy atom. The molecule has 84 valence electrons. The monoisotopic (exact) mass is 204 g/mol. The van der Waals surface area contributed by atoms with Crippen molar-refractivity contribution in [2.45, 2.75) is 19.4 Å². The molecule has 0 aliphatic carbocycles. The maximum atomic E-state index is 10.5. The van der Waals surface area contributed by atoms with E-state index in [1.165, 1.54) is 0 Å². The van der Waals surface area contributed by atoms with Gasteiger partial charge in [-0.1, -0.05) is 0 Å². The zero-order valence-electron chi connectivity index (χ0n) is 8.91. The number of amides is 1. The Morgan fingerprint density at radius 2 is 2.14 bits per heavy atom. The highest BCUT2D eigenvalue weighted by Crippen LogP contribution is 1.87. The van der Waals surface area contributed by atoms with Crippen LogP contribution in [0.3, 0.4) is 0 Å². The fourth-order valence-electron chi connectivity index (χ4n) is 0.996. The summed E-state index contributed by atoms with van der Waals surface area (Å²) in [4.78, 5) is 10.5. The molecule has 0 aliphatic rings. The average molecular weight is 204 g/mol. The quantitative estimate of drug-likeness (QED) is 0.497. The molecule has 0 radical (unpaired) electrons. The van der Waals surface area contributed by atoms with E-state index in [4.69, 9.17) is 15.2 Å². The van der Waals surface area contributed by atoms with Crippen LogP contribution >= 0.6 is 0 Å². The Bertz CT molecular complexity index is 153. The summed E-state index contributed by atoms with van der Waals surface area (Å²) in [6.45, 7) is 4.46.